The molecule has 0 saturated carbocycles. The van der Waals surface area contributed by atoms with Gasteiger partial charge < -0.3 is 4.74 Å². The lowest BCUT2D eigenvalue weighted by molar-refractivity contribution is 0.274. The van der Waals surface area contributed by atoms with Gasteiger partial charge in [0.25, 0.3) is 0 Å². The van der Waals surface area contributed by atoms with Gasteiger partial charge in [-0.15, -0.1) is 0 Å². The molecule has 0 amide bonds. The lowest BCUT2D eigenvalue weighted by Crippen LogP contribution is -2.20. The number of rotatable bonds is 10. The van der Waals surface area contributed by atoms with Crippen molar-refractivity contribution < 1.29 is 4.74 Å². The van der Waals surface area contributed by atoms with Gasteiger partial charge in [-0.1, -0.05) is 189 Å². The molecule has 1 atom stereocenters. The van der Waals surface area contributed by atoms with E-state index in [1.54, 1.807) is 0 Å². The molecule has 0 bridgehead atoms. The third-order valence-electron chi connectivity index (χ3n) is 11.2. The number of fused-ring (bicyclic) bond motifs is 1. The van der Waals surface area contributed by atoms with E-state index in [0.717, 1.165) is 83.9 Å². The molecule has 1 aromatic heterocycles. The quantitative estimate of drug-likeness (QED) is 0.129. The number of aryl methyl sites for hydroxylation is 1. The van der Waals surface area contributed by atoms with Crippen LogP contribution < -0.4 is 4.74 Å². The van der Waals surface area contributed by atoms with Crippen molar-refractivity contribution in [2.45, 2.75) is 20.0 Å². The van der Waals surface area contributed by atoms with Crippen LogP contribution in [0.15, 0.2) is 236 Å². The highest BCUT2D eigenvalue weighted by atomic mass is 16.5. The second-order valence-corrected chi connectivity index (χ2v) is 15.5. The number of aromatic nitrogens is 1. The third-order valence-corrected chi connectivity index (χ3v) is 11.2. The number of allylic oxidation sites excluding steroid dienone is 5. The highest BCUT2D eigenvalue weighted by Crippen LogP contribution is 2.44. The monoisotopic (exact) mass is 771 g/mol. The summed E-state index contributed by atoms with van der Waals surface area (Å²) in [6.45, 7) is 12.5. The lowest BCUT2D eigenvalue weighted by Gasteiger charge is -2.22. The average molecular weight is 772 g/mol. The molecule has 0 aliphatic heterocycles. The molecule has 0 radical (unpaired) electrons. The molecule has 2 heteroatoms. The minimum Gasteiger partial charge on any atom is -0.481 e. The minimum atomic E-state index is -0.278. The van der Waals surface area contributed by atoms with Crippen LogP contribution >= 0.6 is 0 Å². The number of hydrogen-bond acceptors (Lipinski definition) is 2. The molecule has 1 heterocycles. The van der Waals surface area contributed by atoms with Gasteiger partial charge in [0, 0.05) is 11.1 Å². The molecule has 0 spiro atoms. The predicted octanol–water partition coefficient (Wildman–Crippen LogP) is 15.5. The summed E-state index contributed by atoms with van der Waals surface area (Å²) < 4.78 is 6.66. The Morgan fingerprint density at radius 3 is 1.88 bits per heavy atom. The van der Waals surface area contributed by atoms with Crippen LogP contribution in [0.5, 0.6) is 5.75 Å². The molecular formula is C58H45NO. The van der Waals surface area contributed by atoms with E-state index in [2.05, 4.69) is 196 Å². The zero-order valence-corrected chi connectivity index (χ0v) is 34.0. The van der Waals surface area contributed by atoms with Crippen LogP contribution in [0.2, 0.25) is 0 Å². The molecule has 1 aliphatic carbocycles. The molecule has 2 nitrogen and oxygen atoms in total. The van der Waals surface area contributed by atoms with Gasteiger partial charge in [-0.25, -0.2) is 4.98 Å². The molecule has 288 valence electrons. The fourth-order valence-electron chi connectivity index (χ4n) is 8.14. The van der Waals surface area contributed by atoms with Crippen LogP contribution in [0.3, 0.4) is 0 Å². The van der Waals surface area contributed by atoms with Gasteiger partial charge in [0.2, 0.25) is 0 Å². The Labute approximate surface area is 353 Å². The van der Waals surface area contributed by atoms with Gasteiger partial charge in [-0.2, -0.15) is 0 Å². The summed E-state index contributed by atoms with van der Waals surface area (Å²) >= 11 is 0. The van der Waals surface area contributed by atoms with Crippen molar-refractivity contribution in [1.29, 1.82) is 0 Å². The maximum absolute atomic E-state index is 6.66. The topological polar surface area (TPSA) is 22.1 Å². The van der Waals surface area contributed by atoms with Crippen LogP contribution in [-0.2, 0) is 0 Å². The second kappa shape index (κ2) is 16.7. The van der Waals surface area contributed by atoms with Crippen molar-refractivity contribution in [2.75, 3.05) is 0 Å². The molecule has 8 aromatic rings. The van der Waals surface area contributed by atoms with E-state index < -0.39 is 0 Å². The Morgan fingerprint density at radius 2 is 1.17 bits per heavy atom. The average Bonchev–Trinajstić information content (AvgIpc) is 3.52. The van der Waals surface area contributed by atoms with Crippen molar-refractivity contribution >= 4 is 10.8 Å². The Kier molecular flexibility index (Phi) is 10.6. The molecule has 60 heavy (non-hydrogen) atoms. The first-order valence-corrected chi connectivity index (χ1v) is 20.4. The SMILES string of the molecule is C=C1C=CC=C(C(Oc2ccc(-c3cccc(-c4c(-c5ccccc5-c5cc(-c6ccccc6)nc(-c6ccccc6)c5)ccc5ccccc45)c3)cc2C)C(=C)C)C=C1. The Balaban J connectivity index is 1.14. The fourth-order valence-corrected chi connectivity index (χ4v) is 8.14. The van der Waals surface area contributed by atoms with Gasteiger partial charge in [0.15, 0.2) is 0 Å². The molecular weight excluding hydrogens is 727 g/mol. The molecule has 1 unspecified atom stereocenters. The number of nitrogens with zero attached hydrogens (tertiary/aromatic N) is 1. The van der Waals surface area contributed by atoms with Crippen LogP contribution in [0.4, 0.5) is 0 Å². The van der Waals surface area contributed by atoms with Crippen LogP contribution in [0, 0.1) is 6.92 Å². The Morgan fingerprint density at radius 1 is 0.533 bits per heavy atom. The highest BCUT2D eigenvalue weighted by molar-refractivity contribution is 6.06. The number of hydrogen-bond donors (Lipinski definition) is 0. The number of ether oxygens (including phenoxy) is 1. The van der Waals surface area contributed by atoms with E-state index >= 15 is 0 Å². The summed E-state index contributed by atoms with van der Waals surface area (Å²) in [5.74, 6) is 0.833. The summed E-state index contributed by atoms with van der Waals surface area (Å²) in [6, 6.07) is 62.8. The predicted molar refractivity (Wildman–Crippen MR) is 254 cm³/mol. The zero-order valence-electron chi connectivity index (χ0n) is 34.0. The van der Waals surface area contributed by atoms with Crippen molar-refractivity contribution in [3.05, 3.63) is 242 Å². The Hall–Kier alpha value is -7.55. The van der Waals surface area contributed by atoms with Gasteiger partial charge in [-0.05, 0) is 122 Å². The van der Waals surface area contributed by atoms with Crippen LogP contribution in [-0.4, -0.2) is 11.1 Å². The van der Waals surface area contributed by atoms with E-state index in [4.69, 9.17) is 9.72 Å². The van der Waals surface area contributed by atoms with Gasteiger partial charge in [-0.3, -0.25) is 0 Å². The molecule has 0 N–H and O–H groups in total. The standard InChI is InChI=1S/C58H45NO/c1-39(2)58(45-23-15-17-40(3)29-30-45)60-56-34-32-47(35-41(56)4)46-24-16-25-48(36-46)57-51-27-12-11-18-42(51)31-33-53(57)52-28-14-13-26-50(52)49-37-54(43-19-7-5-8-20-43)59-55(38-49)44-21-9-6-10-22-44/h5-38,58H,1,3H2,2,4H3. The van der Waals surface area contributed by atoms with E-state index in [1.807, 2.05) is 37.3 Å². The second-order valence-electron chi connectivity index (χ2n) is 15.5. The van der Waals surface area contributed by atoms with Gasteiger partial charge in [0.1, 0.15) is 11.9 Å². The normalized spacial score (nSPS) is 12.8. The highest BCUT2D eigenvalue weighted by Gasteiger charge is 2.20. The Bertz CT molecular complexity index is 2940. The summed E-state index contributed by atoms with van der Waals surface area (Å²) in [4.78, 5) is 5.18. The smallest absolute Gasteiger partial charge is 0.144 e. The summed E-state index contributed by atoms with van der Waals surface area (Å²) in [7, 11) is 0. The maximum Gasteiger partial charge on any atom is 0.144 e. The first-order chi connectivity index (χ1) is 29.4. The first-order valence-electron chi connectivity index (χ1n) is 20.4. The van der Waals surface area contributed by atoms with Crippen molar-refractivity contribution in [2.24, 2.45) is 0 Å². The molecule has 7 aromatic carbocycles. The number of benzene rings is 7. The van der Waals surface area contributed by atoms with Crippen LogP contribution in [0.25, 0.3) is 77.8 Å². The van der Waals surface area contributed by atoms with Gasteiger partial charge >= 0.3 is 0 Å². The van der Waals surface area contributed by atoms with Gasteiger partial charge in [0.05, 0.1) is 11.4 Å². The first kappa shape index (κ1) is 38.0. The van der Waals surface area contributed by atoms with Crippen molar-refractivity contribution in [3.63, 3.8) is 0 Å². The largest absolute Gasteiger partial charge is 0.481 e. The fraction of sp³-hybridized carbons (Fsp3) is 0.0517. The minimum absolute atomic E-state index is 0.278. The summed E-state index contributed by atoms with van der Waals surface area (Å²) in [5.41, 5.74) is 17.3. The third kappa shape index (κ3) is 7.84. The molecule has 9 rings (SSSR count). The van der Waals surface area contributed by atoms with E-state index in [9.17, 15) is 0 Å². The summed E-state index contributed by atoms with van der Waals surface area (Å²) in [6.07, 6.45) is 9.89. The molecule has 0 saturated heterocycles. The maximum atomic E-state index is 6.66. The van der Waals surface area contributed by atoms with E-state index in [-0.39, 0.29) is 6.10 Å². The lowest BCUT2D eigenvalue weighted by atomic mass is 9.85. The summed E-state index contributed by atoms with van der Waals surface area (Å²) in [5, 5.41) is 2.40. The molecule has 1 aliphatic rings. The number of pyridine rings is 1. The van der Waals surface area contributed by atoms with E-state index in [0.29, 0.717) is 0 Å². The zero-order chi connectivity index (χ0) is 41.0. The van der Waals surface area contributed by atoms with Crippen molar-refractivity contribution in [3.8, 4) is 72.8 Å². The molecule has 0 fully saturated rings. The van der Waals surface area contributed by atoms with Crippen LogP contribution in [0.1, 0.15) is 12.5 Å². The van der Waals surface area contributed by atoms with E-state index in [1.165, 1.54) is 21.9 Å². The van der Waals surface area contributed by atoms with Crippen molar-refractivity contribution in [1.82, 2.24) is 4.98 Å².